The van der Waals surface area contributed by atoms with Crippen molar-refractivity contribution in [3.8, 4) is 0 Å². The third-order valence-electron chi connectivity index (χ3n) is 8.26. The molecule has 1 spiro atoms. The average Bonchev–Trinajstić information content (AvgIpc) is 3.62. The second-order valence-corrected chi connectivity index (χ2v) is 11.4. The van der Waals surface area contributed by atoms with Gasteiger partial charge in [-0.2, -0.15) is 0 Å². The van der Waals surface area contributed by atoms with E-state index in [-0.39, 0.29) is 44.5 Å². The first kappa shape index (κ1) is 29.6. The van der Waals surface area contributed by atoms with Crippen molar-refractivity contribution in [1.82, 2.24) is 16.0 Å². The van der Waals surface area contributed by atoms with Crippen LogP contribution < -0.4 is 16.0 Å². The highest BCUT2D eigenvalue weighted by Crippen LogP contribution is 2.32. The van der Waals surface area contributed by atoms with E-state index in [1.807, 2.05) is 30.3 Å². The Labute approximate surface area is 235 Å². The summed E-state index contributed by atoms with van der Waals surface area (Å²) in [5, 5.41) is 18.6. The van der Waals surface area contributed by atoms with Crippen molar-refractivity contribution >= 4 is 23.9 Å². The second-order valence-electron chi connectivity index (χ2n) is 11.4. The molecule has 0 bridgehead atoms. The van der Waals surface area contributed by atoms with E-state index in [0.717, 1.165) is 44.1 Å². The van der Waals surface area contributed by atoms with Crippen molar-refractivity contribution in [2.24, 2.45) is 5.92 Å². The van der Waals surface area contributed by atoms with Crippen LogP contribution in [0.1, 0.15) is 76.2 Å². The first-order valence-corrected chi connectivity index (χ1v) is 14.3. The predicted octanol–water partition coefficient (Wildman–Crippen LogP) is 3.03. The summed E-state index contributed by atoms with van der Waals surface area (Å²) in [6, 6.07) is 8.28. The summed E-state index contributed by atoms with van der Waals surface area (Å²) >= 11 is 0. The zero-order valence-electron chi connectivity index (χ0n) is 23.0. The smallest absolute Gasteiger partial charge is 0.408 e. The zero-order valence-corrected chi connectivity index (χ0v) is 23.0. The maximum absolute atomic E-state index is 13.4. The number of alkyl carbamates (subject to hydrolysis) is 1. The Kier molecular flexibility index (Phi) is 10.2. The number of carbonyl (C=O) groups is 4. The highest BCUT2D eigenvalue weighted by molar-refractivity contribution is 5.87. The number of esters is 1. The van der Waals surface area contributed by atoms with E-state index < -0.39 is 35.1 Å². The molecule has 3 aliphatic rings. The maximum Gasteiger partial charge on any atom is 0.408 e. The number of ether oxygens (including phenoxy) is 2. The summed E-state index contributed by atoms with van der Waals surface area (Å²) in [4.78, 5) is 51.9. The molecule has 3 amide bonds. The van der Waals surface area contributed by atoms with Crippen molar-refractivity contribution in [2.45, 2.75) is 94.4 Å². The molecule has 0 radical (unpaired) electrons. The molecule has 40 heavy (non-hydrogen) atoms. The lowest BCUT2D eigenvalue weighted by Crippen LogP contribution is -2.54. The summed E-state index contributed by atoms with van der Waals surface area (Å²) in [7, 11) is 0. The number of aliphatic hydroxyl groups is 1. The molecule has 2 atom stereocenters. The number of hydrogen-bond acceptors (Lipinski definition) is 7. The number of hydrogen-bond donors (Lipinski definition) is 4. The number of amides is 3. The average molecular weight is 556 g/mol. The predicted molar refractivity (Wildman–Crippen MR) is 147 cm³/mol. The van der Waals surface area contributed by atoms with E-state index in [9.17, 15) is 24.3 Å². The minimum Gasteiger partial charge on any atom is -0.462 e. The maximum atomic E-state index is 13.4. The van der Waals surface area contributed by atoms with Crippen LogP contribution in [0.15, 0.2) is 42.5 Å². The molecule has 1 aliphatic heterocycles. The zero-order chi connectivity index (χ0) is 28.4. The standard InChI is InChI=1S/C30H41N3O7/c34-20-29(14-6-7-15-29)32-25(35)18-23-12-4-5-13-24(31-28(38)39-19-22-10-2-1-3-11-22)27(37)40-21-30(33-26(23)36)16-8-9-17-30/h1-5,10-11,23-24,34H,6-9,12-21H2,(H,31,38)(H,32,35)(H,33,36)/t23-,24-/m1/s1. The van der Waals surface area contributed by atoms with E-state index in [1.54, 1.807) is 12.2 Å². The van der Waals surface area contributed by atoms with Crippen LogP contribution in [0.3, 0.4) is 0 Å². The first-order valence-electron chi connectivity index (χ1n) is 14.3. The molecule has 0 saturated heterocycles. The van der Waals surface area contributed by atoms with Crippen molar-refractivity contribution in [3.63, 3.8) is 0 Å². The Hall–Kier alpha value is -3.40. The lowest BCUT2D eigenvalue weighted by Gasteiger charge is -2.33. The second kappa shape index (κ2) is 13.8. The normalized spacial score (nSPS) is 24.3. The third-order valence-corrected chi connectivity index (χ3v) is 8.26. The molecule has 1 heterocycles. The van der Waals surface area contributed by atoms with Crippen LogP contribution in [-0.2, 0) is 30.5 Å². The SMILES string of the molecule is O=C(C[C@H]1CC=CC[C@@H](NC(=O)OCc2ccccc2)C(=O)OCC2(CCCC2)NC1=O)NC1(CO)CCCC1. The van der Waals surface area contributed by atoms with Crippen molar-refractivity contribution in [3.05, 3.63) is 48.0 Å². The highest BCUT2D eigenvalue weighted by Gasteiger charge is 2.40. The van der Waals surface area contributed by atoms with Crippen LogP contribution in [0.4, 0.5) is 4.79 Å². The van der Waals surface area contributed by atoms with Crippen molar-refractivity contribution < 1.29 is 33.8 Å². The van der Waals surface area contributed by atoms with Gasteiger partial charge in [0.15, 0.2) is 0 Å². The fourth-order valence-corrected chi connectivity index (χ4v) is 5.87. The van der Waals surface area contributed by atoms with Gasteiger partial charge in [0.2, 0.25) is 11.8 Å². The van der Waals surface area contributed by atoms with Crippen LogP contribution in [0, 0.1) is 5.92 Å². The van der Waals surface area contributed by atoms with Gasteiger partial charge in [-0.15, -0.1) is 0 Å². The summed E-state index contributed by atoms with van der Waals surface area (Å²) in [6.45, 7) is -0.0576. The quantitative estimate of drug-likeness (QED) is 0.299. The molecule has 1 aromatic rings. The number of cyclic esters (lactones) is 1. The Morgan fingerprint density at radius 2 is 1.68 bits per heavy atom. The topological polar surface area (TPSA) is 143 Å². The molecule has 1 aromatic carbocycles. The highest BCUT2D eigenvalue weighted by atomic mass is 16.6. The Bertz CT molecular complexity index is 1060. The summed E-state index contributed by atoms with van der Waals surface area (Å²) in [5.41, 5.74) is -0.491. The molecule has 10 heteroatoms. The third kappa shape index (κ3) is 8.06. The van der Waals surface area contributed by atoms with Gasteiger partial charge in [-0.3, -0.25) is 9.59 Å². The lowest BCUT2D eigenvalue weighted by atomic mass is 9.92. The van der Waals surface area contributed by atoms with E-state index in [4.69, 9.17) is 9.47 Å². The van der Waals surface area contributed by atoms with E-state index in [2.05, 4.69) is 16.0 Å². The molecule has 0 unspecified atom stereocenters. The number of carbonyl (C=O) groups excluding carboxylic acids is 4. The van der Waals surface area contributed by atoms with Gasteiger partial charge < -0.3 is 30.5 Å². The van der Waals surface area contributed by atoms with Crippen molar-refractivity contribution in [2.75, 3.05) is 13.2 Å². The van der Waals surface area contributed by atoms with E-state index >= 15 is 0 Å². The van der Waals surface area contributed by atoms with Crippen LogP contribution in [-0.4, -0.2) is 59.3 Å². The summed E-state index contributed by atoms with van der Waals surface area (Å²) in [6.07, 6.45) is 9.61. The van der Waals surface area contributed by atoms with E-state index in [1.165, 1.54) is 0 Å². The van der Waals surface area contributed by atoms with Gasteiger partial charge in [-0.05, 0) is 44.1 Å². The largest absolute Gasteiger partial charge is 0.462 e. The van der Waals surface area contributed by atoms with Crippen LogP contribution in [0.25, 0.3) is 0 Å². The lowest BCUT2D eigenvalue weighted by molar-refractivity contribution is -0.149. The van der Waals surface area contributed by atoms with Crippen molar-refractivity contribution in [1.29, 1.82) is 0 Å². The fraction of sp³-hybridized carbons (Fsp3) is 0.600. The van der Waals surface area contributed by atoms with Crippen LogP contribution in [0.5, 0.6) is 0 Å². The van der Waals surface area contributed by atoms with Gasteiger partial charge in [0.05, 0.1) is 23.6 Å². The van der Waals surface area contributed by atoms with Gasteiger partial charge in [-0.25, -0.2) is 9.59 Å². The number of benzene rings is 1. The van der Waals surface area contributed by atoms with Gasteiger partial charge in [0, 0.05) is 6.42 Å². The molecular weight excluding hydrogens is 514 g/mol. The number of allylic oxidation sites excluding steroid dienone is 1. The Morgan fingerprint density at radius 1 is 1.00 bits per heavy atom. The molecule has 0 aromatic heterocycles. The van der Waals surface area contributed by atoms with Gasteiger partial charge in [0.1, 0.15) is 19.3 Å². The molecule has 2 saturated carbocycles. The van der Waals surface area contributed by atoms with Crippen LogP contribution in [0.2, 0.25) is 0 Å². The Morgan fingerprint density at radius 3 is 2.38 bits per heavy atom. The monoisotopic (exact) mass is 555 g/mol. The molecule has 10 nitrogen and oxygen atoms in total. The minimum atomic E-state index is -0.957. The molecular formula is C30H41N3O7. The van der Waals surface area contributed by atoms with Crippen LogP contribution >= 0.6 is 0 Å². The summed E-state index contributed by atoms with van der Waals surface area (Å²) in [5.74, 6) is -1.72. The van der Waals surface area contributed by atoms with E-state index in [0.29, 0.717) is 19.3 Å². The molecule has 4 N–H and O–H groups in total. The molecule has 4 rings (SSSR count). The molecule has 2 fully saturated rings. The minimum absolute atomic E-state index is 0.00886. The molecule has 2 aliphatic carbocycles. The fourth-order valence-electron chi connectivity index (χ4n) is 5.87. The Balaban J connectivity index is 1.43. The number of nitrogens with one attached hydrogen (secondary N) is 3. The number of aliphatic hydroxyl groups excluding tert-OH is 1. The van der Waals surface area contributed by atoms with Gasteiger partial charge >= 0.3 is 12.1 Å². The molecule has 218 valence electrons. The summed E-state index contributed by atoms with van der Waals surface area (Å²) < 4.78 is 10.9. The van der Waals surface area contributed by atoms with Gasteiger partial charge in [0.25, 0.3) is 0 Å². The number of rotatable bonds is 7. The first-order chi connectivity index (χ1) is 19.3. The van der Waals surface area contributed by atoms with Gasteiger partial charge in [-0.1, -0.05) is 68.2 Å².